The van der Waals surface area contributed by atoms with Gasteiger partial charge >= 0.3 is 0 Å². The lowest BCUT2D eigenvalue weighted by Crippen LogP contribution is -1.86. The number of nitrogen functional groups attached to an aromatic ring is 1. The standard InChI is InChI=1S/C9H5ClF2N2O/c10-7-8(15-14-9(7)13)5-2-1-4(11)3-6(5)12/h1-3H,(H2,13,14). The predicted octanol–water partition coefficient (Wildman–Crippen LogP) is 2.86. The molecule has 2 rings (SSSR count). The van der Waals surface area contributed by atoms with Crippen LogP contribution in [0.2, 0.25) is 5.02 Å². The zero-order chi connectivity index (χ0) is 11.0. The minimum atomic E-state index is -0.784. The number of hydrogen-bond donors (Lipinski definition) is 1. The van der Waals surface area contributed by atoms with Crippen molar-refractivity contribution in [2.24, 2.45) is 0 Å². The molecule has 78 valence electrons. The molecule has 0 atom stereocenters. The van der Waals surface area contributed by atoms with Crippen molar-refractivity contribution in [2.45, 2.75) is 0 Å². The zero-order valence-electron chi connectivity index (χ0n) is 7.30. The Labute approximate surface area is 88.4 Å². The molecule has 0 saturated heterocycles. The number of anilines is 1. The van der Waals surface area contributed by atoms with E-state index in [9.17, 15) is 8.78 Å². The Hall–Kier alpha value is -1.62. The molecule has 0 fully saturated rings. The predicted molar refractivity (Wildman–Crippen MR) is 51.3 cm³/mol. The van der Waals surface area contributed by atoms with Gasteiger partial charge in [-0.3, -0.25) is 0 Å². The molecular formula is C9H5ClF2N2O. The monoisotopic (exact) mass is 230 g/mol. The van der Waals surface area contributed by atoms with Crippen molar-refractivity contribution in [3.63, 3.8) is 0 Å². The summed E-state index contributed by atoms with van der Waals surface area (Å²) in [6, 6.07) is 3.02. The molecular weight excluding hydrogens is 226 g/mol. The Morgan fingerprint density at radius 2 is 2.07 bits per heavy atom. The smallest absolute Gasteiger partial charge is 0.190 e. The van der Waals surface area contributed by atoms with Gasteiger partial charge in [0.25, 0.3) is 0 Å². The number of benzene rings is 1. The van der Waals surface area contributed by atoms with E-state index in [1.807, 2.05) is 0 Å². The molecule has 0 saturated carbocycles. The van der Waals surface area contributed by atoms with Gasteiger partial charge in [0.15, 0.2) is 11.6 Å². The summed E-state index contributed by atoms with van der Waals surface area (Å²) in [6.07, 6.45) is 0. The molecule has 0 amide bonds. The van der Waals surface area contributed by atoms with Crippen LogP contribution in [-0.2, 0) is 0 Å². The van der Waals surface area contributed by atoms with Crippen molar-refractivity contribution >= 4 is 17.4 Å². The summed E-state index contributed by atoms with van der Waals surface area (Å²) in [5.74, 6) is -1.50. The van der Waals surface area contributed by atoms with Crippen molar-refractivity contribution in [2.75, 3.05) is 5.73 Å². The molecule has 3 nitrogen and oxygen atoms in total. The average molecular weight is 231 g/mol. The highest BCUT2D eigenvalue weighted by Crippen LogP contribution is 2.33. The van der Waals surface area contributed by atoms with Gasteiger partial charge in [0.2, 0.25) is 0 Å². The summed E-state index contributed by atoms with van der Waals surface area (Å²) < 4.78 is 30.7. The lowest BCUT2D eigenvalue weighted by molar-refractivity contribution is 0.433. The van der Waals surface area contributed by atoms with E-state index in [1.165, 1.54) is 6.07 Å². The van der Waals surface area contributed by atoms with Gasteiger partial charge in [0.05, 0.1) is 5.56 Å². The van der Waals surface area contributed by atoms with Crippen LogP contribution in [0.25, 0.3) is 11.3 Å². The molecule has 2 N–H and O–H groups in total. The van der Waals surface area contributed by atoms with Gasteiger partial charge in [-0.15, -0.1) is 0 Å². The van der Waals surface area contributed by atoms with E-state index >= 15 is 0 Å². The van der Waals surface area contributed by atoms with Crippen LogP contribution < -0.4 is 5.73 Å². The fourth-order valence-electron chi connectivity index (χ4n) is 1.13. The highest BCUT2D eigenvalue weighted by molar-refractivity contribution is 6.35. The van der Waals surface area contributed by atoms with Crippen molar-refractivity contribution in [1.82, 2.24) is 5.16 Å². The molecule has 0 aliphatic heterocycles. The van der Waals surface area contributed by atoms with Gasteiger partial charge < -0.3 is 10.3 Å². The molecule has 0 aliphatic rings. The van der Waals surface area contributed by atoms with Crippen LogP contribution >= 0.6 is 11.6 Å². The summed E-state index contributed by atoms with van der Waals surface area (Å²) in [7, 11) is 0. The number of aromatic nitrogens is 1. The molecule has 0 aliphatic carbocycles. The summed E-state index contributed by atoms with van der Waals surface area (Å²) in [5, 5.41) is 3.38. The first-order valence-corrected chi connectivity index (χ1v) is 4.33. The van der Waals surface area contributed by atoms with Crippen LogP contribution in [0.5, 0.6) is 0 Å². The summed E-state index contributed by atoms with van der Waals surface area (Å²) in [5.41, 5.74) is 5.34. The molecule has 0 radical (unpaired) electrons. The Kier molecular flexibility index (Phi) is 2.32. The Morgan fingerprint density at radius 3 is 2.60 bits per heavy atom. The highest BCUT2D eigenvalue weighted by atomic mass is 35.5. The Bertz CT molecular complexity index is 513. The lowest BCUT2D eigenvalue weighted by Gasteiger charge is -1.98. The number of hydrogen-bond acceptors (Lipinski definition) is 3. The van der Waals surface area contributed by atoms with E-state index in [1.54, 1.807) is 0 Å². The second kappa shape index (κ2) is 3.51. The van der Waals surface area contributed by atoms with Crippen molar-refractivity contribution in [3.8, 4) is 11.3 Å². The maximum atomic E-state index is 13.3. The van der Waals surface area contributed by atoms with Gasteiger partial charge in [-0.1, -0.05) is 16.8 Å². The maximum absolute atomic E-state index is 13.3. The van der Waals surface area contributed by atoms with Crippen molar-refractivity contribution in [3.05, 3.63) is 34.9 Å². The Balaban J connectivity index is 2.59. The first-order chi connectivity index (χ1) is 7.09. The van der Waals surface area contributed by atoms with Crippen LogP contribution in [-0.4, -0.2) is 5.16 Å². The van der Waals surface area contributed by atoms with Gasteiger partial charge in [0.1, 0.15) is 16.7 Å². The Morgan fingerprint density at radius 1 is 1.33 bits per heavy atom. The van der Waals surface area contributed by atoms with Crippen molar-refractivity contribution < 1.29 is 13.3 Å². The van der Waals surface area contributed by atoms with Gasteiger partial charge in [0, 0.05) is 6.07 Å². The second-order valence-electron chi connectivity index (χ2n) is 2.84. The fraction of sp³-hybridized carbons (Fsp3) is 0. The molecule has 0 unspecified atom stereocenters. The third-order valence-electron chi connectivity index (χ3n) is 1.84. The van der Waals surface area contributed by atoms with Crippen molar-refractivity contribution in [1.29, 1.82) is 0 Å². The van der Waals surface area contributed by atoms with E-state index in [0.29, 0.717) is 0 Å². The number of nitrogens with zero attached hydrogens (tertiary/aromatic N) is 1. The third-order valence-corrected chi connectivity index (χ3v) is 2.20. The first kappa shape index (κ1) is 9.92. The molecule has 0 bridgehead atoms. The highest BCUT2D eigenvalue weighted by Gasteiger charge is 2.17. The third kappa shape index (κ3) is 1.66. The zero-order valence-corrected chi connectivity index (χ0v) is 8.05. The molecule has 1 heterocycles. The molecule has 1 aromatic carbocycles. The van der Waals surface area contributed by atoms with Gasteiger partial charge in [-0.2, -0.15) is 0 Å². The summed E-state index contributed by atoms with van der Waals surface area (Å²) >= 11 is 5.71. The van der Waals surface area contributed by atoms with Crippen LogP contribution in [0.15, 0.2) is 22.7 Å². The number of nitrogens with two attached hydrogens (primary N) is 1. The quantitative estimate of drug-likeness (QED) is 0.820. The van der Waals surface area contributed by atoms with Crippen LogP contribution in [0, 0.1) is 11.6 Å². The first-order valence-electron chi connectivity index (χ1n) is 3.95. The number of halogens is 3. The average Bonchev–Trinajstić information content (AvgIpc) is 2.49. The summed E-state index contributed by atoms with van der Waals surface area (Å²) in [4.78, 5) is 0. The van der Waals surface area contributed by atoms with E-state index in [2.05, 4.69) is 5.16 Å². The lowest BCUT2D eigenvalue weighted by atomic mass is 10.1. The number of rotatable bonds is 1. The topological polar surface area (TPSA) is 52.0 Å². The fourth-order valence-corrected chi connectivity index (χ4v) is 1.30. The van der Waals surface area contributed by atoms with Crippen LogP contribution in [0.1, 0.15) is 0 Å². The summed E-state index contributed by atoms with van der Waals surface area (Å²) in [6.45, 7) is 0. The second-order valence-corrected chi connectivity index (χ2v) is 3.21. The minimum absolute atomic E-state index is 0.00772. The molecule has 1 aromatic heterocycles. The molecule has 0 spiro atoms. The van der Waals surface area contributed by atoms with Crippen LogP contribution in [0.4, 0.5) is 14.6 Å². The normalized spacial score (nSPS) is 10.6. The molecule has 2 aromatic rings. The SMILES string of the molecule is Nc1noc(-c2ccc(F)cc2F)c1Cl. The van der Waals surface area contributed by atoms with E-state index in [-0.39, 0.29) is 22.2 Å². The van der Waals surface area contributed by atoms with E-state index < -0.39 is 11.6 Å². The van der Waals surface area contributed by atoms with Gasteiger partial charge in [-0.25, -0.2) is 8.78 Å². The van der Waals surface area contributed by atoms with Crippen LogP contribution in [0.3, 0.4) is 0 Å². The molecule has 6 heteroatoms. The van der Waals surface area contributed by atoms with E-state index in [0.717, 1.165) is 12.1 Å². The van der Waals surface area contributed by atoms with E-state index in [4.69, 9.17) is 21.9 Å². The maximum Gasteiger partial charge on any atom is 0.190 e. The van der Waals surface area contributed by atoms with Gasteiger partial charge in [-0.05, 0) is 12.1 Å². The largest absolute Gasteiger partial charge is 0.380 e. The molecule has 15 heavy (non-hydrogen) atoms. The minimum Gasteiger partial charge on any atom is -0.380 e.